The third kappa shape index (κ3) is 2.03. The molecule has 0 fully saturated rings. The third-order valence-corrected chi connectivity index (χ3v) is 3.43. The molecule has 2 nitrogen and oxygen atoms in total. The highest BCUT2D eigenvalue weighted by atomic mass is 35.6. The van der Waals surface area contributed by atoms with Gasteiger partial charge in [-0.15, -0.1) is 0 Å². The van der Waals surface area contributed by atoms with Gasteiger partial charge in [0.25, 0.3) is 0 Å². The molecule has 0 spiro atoms. The lowest BCUT2D eigenvalue weighted by Gasteiger charge is -2.32. The number of alkyl halides is 3. The van der Waals surface area contributed by atoms with E-state index < -0.39 is 20.7 Å². The molecule has 14 heavy (non-hydrogen) atoms. The largest absolute Gasteiger partial charge is 0.504 e. The van der Waals surface area contributed by atoms with Gasteiger partial charge in [0.2, 0.25) is 9.58 Å². The fourth-order valence-electron chi connectivity index (χ4n) is 1.01. The molecule has 0 heterocycles. The molecule has 0 saturated heterocycles. The summed E-state index contributed by atoms with van der Waals surface area (Å²) >= 11 is 22.7. The SMILES string of the molecule is C[C@@]1(C(Cl)(Cl)Cl)C=C(O)C(=O)C(Cl)=C1. The van der Waals surface area contributed by atoms with E-state index in [4.69, 9.17) is 46.4 Å². The van der Waals surface area contributed by atoms with Crippen LogP contribution in [0.25, 0.3) is 0 Å². The summed E-state index contributed by atoms with van der Waals surface area (Å²) < 4.78 is -1.68. The Morgan fingerprint density at radius 3 is 2.21 bits per heavy atom. The Morgan fingerprint density at radius 1 is 1.36 bits per heavy atom. The van der Waals surface area contributed by atoms with Crippen LogP contribution in [0.4, 0.5) is 0 Å². The molecule has 0 aromatic heterocycles. The van der Waals surface area contributed by atoms with Gasteiger partial charge in [-0.3, -0.25) is 4.79 Å². The smallest absolute Gasteiger partial charge is 0.237 e. The Morgan fingerprint density at radius 2 is 1.86 bits per heavy atom. The molecule has 1 atom stereocenters. The van der Waals surface area contributed by atoms with Crippen molar-refractivity contribution in [2.75, 3.05) is 0 Å². The lowest BCUT2D eigenvalue weighted by Crippen LogP contribution is -2.32. The monoisotopic (exact) mass is 274 g/mol. The van der Waals surface area contributed by atoms with Gasteiger partial charge in [-0.25, -0.2) is 0 Å². The Kier molecular flexibility index (Phi) is 3.13. The molecule has 0 unspecified atom stereocenters. The van der Waals surface area contributed by atoms with E-state index in [0.29, 0.717) is 0 Å². The first kappa shape index (κ1) is 12.2. The molecule has 0 bridgehead atoms. The van der Waals surface area contributed by atoms with E-state index in [9.17, 15) is 9.90 Å². The zero-order valence-corrected chi connectivity index (χ0v) is 10.0. The van der Waals surface area contributed by atoms with E-state index in [-0.39, 0.29) is 5.03 Å². The maximum Gasteiger partial charge on any atom is 0.237 e. The summed E-state index contributed by atoms with van der Waals surface area (Å²) in [5.41, 5.74) is -1.09. The third-order valence-electron chi connectivity index (χ3n) is 1.92. The van der Waals surface area contributed by atoms with Gasteiger partial charge >= 0.3 is 0 Å². The van der Waals surface area contributed by atoms with Crippen molar-refractivity contribution in [3.63, 3.8) is 0 Å². The number of aliphatic hydroxyl groups excluding tert-OH is 1. The van der Waals surface area contributed by atoms with Crippen LogP contribution in [0.5, 0.6) is 0 Å². The van der Waals surface area contributed by atoms with Gasteiger partial charge in [0.1, 0.15) is 0 Å². The van der Waals surface area contributed by atoms with Gasteiger partial charge in [0.05, 0.1) is 10.4 Å². The van der Waals surface area contributed by atoms with Crippen LogP contribution in [0.2, 0.25) is 0 Å². The van der Waals surface area contributed by atoms with Crippen LogP contribution in [0.3, 0.4) is 0 Å². The maximum absolute atomic E-state index is 11.1. The molecule has 0 radical (unpaired) electrons. The molecule has 6 heteroatoms. The second-order valence-electron chi connectivity index (χ2n) is 3.13. The summed E-state index contributed by atoms with van der Waals surface area (Å²) in [7, 11) is 0. The van der Waals surface area contributed by atoms with Crippen LogP contribution in [0.1, 0.15) is 6.92 Å². The first-order valence-electron chi connectivity index (χ1n) is 3.59. The van der Waals surface area contributed by atoms with Crippen molar-refractivity contribution in [2.45, 2.75) is 10.7 Å². The van der Waals surface area contributed by atoms with Crippen molar-refractivity contribution >= 4 is 52.2 Å². The van der Waals surface area contributed by atoms with Crippen molar-refractivity contribution < 1.29 is 9.90 Å². The van der Waals surface area contributed by atoms with Crippen LogP contribution in [-0.2, 0) is 4.79 Å². The van der Waals surface area contributed by atoms with E-state index in [1.807, 2.05) is 0 Å². The van der Waals surface area contributed by atoms with E-state index in [2.05, 4.69) is 0 Å². The normalized spacial score (nSPS) is 28.5. The average Bonchev–Trinajstić information content (AvgIpc) is 1.98. The predicted molar refractivity (Wildman–Crippen MR) is 58.1 cm³/mol. The van der Waals surface area contributed by atoms with E-state index in [1.165, 1.54) is 12.2 Å². The van der Waals surface area contributed by atoms with Gasteiger partial charge in [-0.2, -0.15) is 0 Å². The van der Waals surface area contributed by atoms with E-state index >= 15 is 0 Å². The first-order valence-corrected chi connectivity index (χ1v) is 5.10. The highest BCUT2D eigenvalue weighted by Gasteiger charge is 2.45. The molecule has 0 saturated carbocycles. The maximum atomic E-state index is 11.1. The highest BCUT2D eigenvalue weighted by Crippen LogP contribution is 2.49. The Balaban J connectivity index is 3.23. The minimum absolute atomic E-state index is 0.154. The number of halogens is 4. The topological polar surface area (TPSA) is 37.3 Å². The summed E-state index contributed by atoms with van der Waals surface area (Å²) in [4.78, 5) is 11.1. The number of Topliss-reactive ketones (excluding diaryl/α,β-unsaturated/α-hetero) is 1. The van der Waals surface area contributed by atoms with Gasteiger partial charge in [-0.1, -0.05) is 46.4 Å². The molecule has 0 amide bonds. The van der Waals surface area contributed by atoms with Crippen LogP contribution in [0, 0.1) is 5.41 Å². The second-order valence-corrected chi connectivity index (χ2v) is 5.82. The summed E-state index contributed by atoms with van der Waals surface area (Å²) in [5, 5.41) is 9.10. The fraction of sp³-hybridized carbons (Fsp3) is 0.375. The Bertz CT molecular complexity index is 316. The van der Waals surface area contributed by atoms with Gasteiger partial charge in [0, 0.05) is 0 Å². The first-order chi connectivity index (χ1) is 6.17. The predicted octanol–water partition coefficient (Wildman–Crippen LogP) is 3.51. The van der Waals surface area contributed by atoms with E-state index in [0.717, 1.165) is 0 Å². The van der Waals surface area contributed by atoms with Crippen LogP contribution in [-0.4, -0.2) is 14.7 Å². The minimum atomic E-state index is -1.68. The van der Waals surface area contributed by atoms with Crippen LogP contribution in [0.15, 0.2) is 22.9 Å². The molecular weight excluding hydrogens is 270 g/mol. The van der Waals surface area contributed by atoms with Crippen molar-refractivity contribution in [1.29, 1.82) is 0 Å². The van der Waals surface area contributed by atoms with Crippen molar-refractivity contribution in [3.8, 4) is 0 Å². The van der Waals surface area contributed by atoms with Crippen LogP contribution < -0.4 is 0 Å². The number of allylic oxidation sites excluding steroid dienone is 3. The molecule has 0 aromatic carbocycles. The standard InChI is InChI=1S/C8H6Cl4O2/c1-7(8(10,11)12)2-4(9)6(14)5(13)3-7/h2-3,13H,1H3/t7-/m0/s1. The lowest BCUT2D eigenvalue weighted by molar-refractivity contribution is -0.114. The van der Waals surface area contributed by atoms with Gasteiger partial charge < -0.3 is 5.11 Å². The lowest BCUT2D eigenvalue weighted by atomic mass is 9.87. The molecule has 78 valence electrons. The number of carbonyl (C=O) groups is 1. The van der Waals surface area contributed by atoms with Crippen molar-refractivity contribution in [3.05, 3.63) is 22.9 Å². The average molecular weight is 276 g/mol. The van der Waals surface area contributed by atoms with Crippen LogP contribution >= 0.6 is 46.4 Å². The summed E-state index contributed by atoms with van der Waals surface area (Å²) in [6.07, 6.45) is 2.48. The Hall–Kier alpha value is 0.110. The number of rotatable bonds is 0. The molecule has 1 rings (SSSR count). The molecule has 0 aromatic rings. The molecule has 1 N–H and O–H groups in total. The molecule has 1 aliphatic rings. The van der Waals surface area contributed by atoms with Crippen molar-refractivity contribution in [1.82, 2.24) is 0 Å². The quantitative estimate of drug-likeness (QED) is 0.687. The zero-order chi connectivity index (χ0) is 11.1. The number of carbonyl (C=O) groups excluding carboxylic acids is 1. The number of ketones is 1. The van der Waals surface area contributed by atoms with E-state index in [1.54, 1.807) is 6.92 Å². The molecule has 0 aliphatic heterocycles. The number of aliphatic hydroxyl groups is 1. The minimum Gasteiger partial charge on any atom is -0.504 e. The zero-order valence-electron chi connectivity index (χ0n) is 7.02. The fourth-order valence-corrected chi connectivity index (χ4v) is 1.66. The van der Waals surface area contributed by atoms with Gasteiger partial charge in [0.15, 0.2) is 5.76 Å². The number of hydrogen-bond donors (Lipinski definition) is 1. The number of hydrogen-bond acceptors (Lipinski definition) is 2. The summed E-state index contributed by atoms with van der Waals surface area (Å²) in [5.74, 6) is -1.18. The summed E-state index contributed by atoms with van der Waals surface area (Å²) in [6, 6.07) is 0. The Labute approximate surface area is 101 Å². The molecule has 1 aliphatic carbocycles. The highest BCUT2D eigenvalue weighted by molar-refractivity contribution is 6.68. The second kappa shape index (κ2) is 3.60. The van der Waals surface area contributed by atoms with Gasteiger partial charge in [-0.05, 0) is 19.1 Å². The summed E-state index contributed by atoms with van der Waals surface area (Å²) in [6.45, 7) is 1.55. The molecular formula is C8H6Cl4O2. The van der Waals surface area contributed by atoms with Crippen molar-refractivity contribution in [2.24, 2.45) is 5.41 Å².